The monoisotopic (exact) mass is 175 g/mol. The largest absolute Gasteiger partial charge is 0.392 e. The number of hydrogen-bond donors (Lipinski definition) is 1. The Morgan fingerprint density at radius 3 is 2.50 bits per heavy atom. The lowest BCUT2D eigenvalue weighted by atomic mass is 10.3. The Bertz CT molecular complexity index is 96.5. The zero-order chi connectivity index (χ0) is 9.40. The van der Waals surface area contributed by atoms with Crippen LogP contribution in [0.15, 0.2) is 0 Å². The van der Waals surface area contributed by atoms with Crippen LogP contribution in [0.3, 0.4) is 0 Å². The zero-order valence-corrected chi connectivity index (χ0v) is 8.42. The van der Waals surface area contributed by atoms with E-state index in [0.29, 0.717) is 0 Å². The number of ether oxygens (including phenoxy) is 1. The average molecular weight is 175 g/mol. The summed E-state index contributed by atoms with van der Waals surface area (Å²) in [6.07, 6.45) is -0.244. The lowest BCUT2D eigenvalue weighted by Gasteiger charge is -2.21. The highest BCUT2D eigenvalue weighted by molar-refractivity contribution is 4.58. The normalized spacial score (nSPS) is 13.8. The minimum atomic E-state index is -0.244. The Kier molecular flexibility index (Phi) is 7.45. The van der Waals surface area contributed by atoms with Gasteiger partial charge in [0.2, 0.25) is 0 Å². The van der Waals surface area contributed by atoms with E-state index in [1.165, 1.54) is 0 Å². The van der Waals surface area contributed by atoms with E-state index in [1.807, 2.05) is 13.8 Å². The van der Waals surface area contributed by atoms with Gasteiger partial charge in [0.15, 0.2) is 0 Å². The molecule has 0 rings (SSSR count). The molecule has 1 unspecified atom stereocenters. The van der Waals surface area contributed by atoms with Gasteiger partial charge in [0.05, 0.1) is 12.7 Å². The van der Waals surface area contributed by atoms with Crippen molar-refractivity contribution in [3.63, 3.8) is 0 Å². The number of aliphatic hydroxyl groups is 1. The molecule has 74 valence electrons. The first-order valence-corrected chi connectivity index (χ1v) is 4.68. The molecule has 1 N–H and O–H groups in total. The summed E-state index contributed by atoms with van der Waals surface area (Å²) in [5, 5.41) is 9.13. The van der Waals surface area contributed by atoms with Crippen LogP contribution in [0.25, 0.3) is 0 Å². The van der Waals surface area contributed by atoms with Gasteiger partial charge in [-0.25, -0.2) is 0 Å². The van der Waals surface area contributed by atoms with Crippen molar-refractivity contribution < 1.29 is 9.84 Å². The SMILES string of the molecule is CCOCCN(CC)CC(C)O. The lowest BCUT2D eigenvalue weighted by molar-refractivity contribution is 0.0859. The summed E-state index contributed by atoms with van der Waals surface area (Å²) in [5.41, 5.74) is 0. The van der Waals surface area contributed by atoms with Gasteiger partial charge >= 0.3 is 0 Å². The minimum absolute atomic E-state index is 0.244. The number of nitrogens with zero attached hydrogens (tertiary/aromatic N) is 1. The van der Waals surface area contributed by atoms with Crippen molar-refractivity contribution in [2.45, 2.75) is 26.9 Å². The molecule has 3 nitrogen and oxygen atoms in total. The van der Waals surface area contributed by atoms with E-state index in [9.17, 15) is 0 Å². The molecule has 0 aromatic rings. The second-order valence-electron chi connectivity index (χ2n) is 2.94. The topological polar surface area (TPSA) is 32.7 Å². The summed E-state index contributed by atoms with van der Waals surface area (Å²) >= 11 is 0. The van der Waals surface area contributed by atoms with E-state index in [1.54, 1.807) is 0 Å². The highest BCUT2D eigenvalue weighted by Crippen LogP contribution is 1.91. The molecular weight excluding hydrogens is 154 g/mol. The maximum Gasteiger partial charge on any atom is 0.0639 e. The van der Waals surface area contributed by atoms with Crippen LogP contribution < -0.4 is 0 Å². The van der Waals surface area contributed by atoms with E-state index in [4.69, 9.17) is 9.84 Å². The van der Waals surface area contributed by atoms with E-state index in [2.05, 4.69) is 11.8 Å². The molecule has 0 aliphatic rings. The molecule has 0 saturated carbocycles. The number of aliphatic hydroxyl groups excluding tert-OH is 1. The Labute approximate surface area is 75.3 Å². The van der Waals surface area contributed by atoms with Crippen molar-refractivity contribution in [1.29, 1.82) is 0 Å². The third kappa shape index (κ3) is 6.58. The molecule has 0 radical (unpaired) electrons. The van der Waals surface area contributed by atoms with Gasteiger partial charge in [-0.05, 0) is 20.4 Å². The summed E-state index contributed by atoms with van der Waals surface area (Å²) < 4.78 is 5.22. The quantitative estimate of drug-likeness (QED) is 0.579. The van der Waals surface area contributed by atoms with Gasteiger partial charge in [-0.2, -0.15) is 0 Å². The Morgan fingerprint density at radius 1 is 1.42 bits per heavy atom. The van der Waals surface area contributed by atoms with Gasteiger partial charge in [-0.3, -0.25) is 4.90 Å². The molecular formula is C9H21NO2. The van der Waals surface area contributed by atoms with Crippen LogP contribution in [0.2, 0.25) is 0 Å². The van der Waals surface area contributed by atoms with Crippen LogP contribution in [-0.2, 0) is 4.74 Å². The van der Waals surface area contributed by atoms with E-state index in [-0.39, 0.29) is 6.10 Å². The summed E-state index contributed by atoms with van der Waals surface area (Å²) in [6.45, 7) is 10.0. The molecule has 0 saturated heterocycles. The van der Waals surface area contributed by atoms with Crippen LogP contribution in [0.1, 0.15) is 20.8 Å². The van der Waals surface area contributed by atoms with Crippen molar-refractivity contribution >= 4 is 0 Å². The van der Waals surface area contributed by atoms with Crippen molar-refractivity contribution in [1.82, 2.24) is 4.90 Å². The molecule has 0 aromatic carbocycles. The Balaban J connectivity index is 3.39. The molecule has 0 amide bonds. The average Bonchev–Trinajstić information content (AvgIpc) is 2.02. The Morgan fingerprint density at radius 2 is 2.08 bits per heavy atom. The van der Waals surface area contributed by atoms with Gasteiger partial charge in [-0.1, -0.05) is 6.92 Å². The standard InChI is InChI=1S/C9H21NO2/c1-4-10(8-9(3)11)6-7-12-5-2/h9,11H,4-8H2,1-3H3. The van der Waals surface area contributed by atoms with Gasteiger partial charge in [0.25, 0.3) is 0 Å². The predicted octanol–water partition coefficient (Wildman–Crippen LogP) is 0.726. The second-order valence-corrected chi connectivity index (χ2v) is 2.94. The lowest BCUT2D eigenvalue weighted by Crippen LogP contribution is -2.33. The zero-order valence-electron chi connectivity index (χ0n) is 8.42. The van der Waals surface area contributed by atoms with Gasteiger partial charge in [0, 0.05) is 19.7 Å². The second kappa shape index (κ2) is 7.53. The molecule has 0 aliphatic carbocycles. The first-order chi connectivity index (χ1) is 5.70. The predicted molar refractivity (Wildman–Crippen MR) is 50.3 cm³/mol. The molecule has 3 heteroatoms. The van der Waals surface area contributed by atoms with Gasteiger partial charge in [-0.15, -0.1) is 0 Å². The maximum absolute atomic E-state index is 9.13. The number of hydrogen-bond acceptors (Lipinski definition) is 3. The molecule has 0 bridgehead atoms. The summed E-state index contributed by atoms with van der Waals surface area (Å²) in [5.74, 6) is 0. The third-order valence-electron chi connectivity index (χ3n) is 1.73. The fraction of sp³-hybridized carbons (Fsp3) is 1.00. The fourth-order valence-corrected chi connectivity index (χ4v) is 1.09. The summed E-state index contributed by atoms with van der Waals surface area (Å²) in [7, 11) is 0. The first-order valence-electron chi connectivity index (χ1n) is 4.68. The molecule has 12 heavy (non-hydrogen) atoms. The van der Waals surface area contributed by atoms with Crippen LogP contribution in [0.5, 0.6) is 0 Å². The molecule has 0 heterocycles. The molecule has 0 fully saturated rings. The molecule has 0 aromatic heterocycles. The smallest absolute Gasteiger partial charge is 0.0639 e. The van der Waals surface area contributed by atoms with E-state index < -0.39 is 0 Å². The fourth-order valence-electron chi connectivity index (χ4n) is 1.09. The van der Waals surface area contributed by atoms with Crippen LogP contribution >= 0.6 is 0 Å². The maximum atomic E-state index is 9.13. The summed E-state index contributed by atoms with van der Waals surface area (Å²) in [6, 6.07) is 0. The molecule has 0 spiro atoms. The Hall–Kier alpha value is -0.120. The van der Waals surface area contributed by atoms with Crippen molar-refractivity contribution in [2.75, 3.05) is 32.8 Å². The van der Waals surface area contributed by atoms with Crippen molar-refractivity contribution in [3.05, 3.63) is 0 Å². The highest BCUT2D eigenvalue weighted by atomic mass is 16.5. The van der Waals surface area contributed by atoms with E-state index >= 15 is 0 Å². The van der Waals surface area contributed by atoms with Gasteiger partial charge < -0.3 is 9.84 Å². The summed E-state index contributed by atoms with van der Waals surface area (Å²) in [4.78, 5) is 2.18. The van der Waals surface area contributed by atoms with Crippen molar-refractivity contribution in [3.8, 4) is 0 Å². The highest BCUT2D eigenvalue weighted by Gasteiger charge is 2.04. The van der Waals surface area contributed by atoms with Crippen LogP contribution in [-0.4, -0.2) is 49.0 Å². The van der Waals surface area contributed by atoms with E-state index in [0.717, 1.165) is 32.8 Å². The molecule has 0 aliphatic heterocycles. The number of likely N-dealkylation sites (N-methyl/N-ethyl adjacent to an activating group) is 1. The van der Waals surface area contributed by atoms with Crippen molar-refractivity contribution in [2.24, 2.45) is 0 Å². The van der Waals surface area contributed by atoms with Crippen LogP contribution in [0.4, 0.5) is 0 Å². The minimum Gasteiger partial charge on any atom is -0.392 e. The van der Waals surface area contributed by atoms with Crippen LogP contribution in [0, 0.1) is 0 Å². The third-order valence-corrected chi connectivity index (χ3v) is 1.73. The first kappa shape index (κ1) is 11.9. The van der Waals surface area contributed by atoms with Gasteiger partial charge in [0.1, 0.15) is 0 Å². The molecule has 1 atom stereocenters. The number of rotatable bonds is 7.